The van der Waals surface area contributed by atoms with Crippen molar-refractivity contribution in [1.29, 1.82) is 0 Å². The molecule has 0 aliphatic heterocycles. The summed E-state index contributed by atoms with van der Waals surface area (Å²) < 4.78 is 8.90. The number of aryl methyl sites for hydroxylation is 1. The first-order valence-corrected chi connectivity index (χ1v) is 11.7. The van der Waals surface area contributed by atoms with Crippen molar-refractivity contribution in [2.45, 2.75) is 37.8 Å². The molecule has 0 spiro atoms. The molecule has 0 radical (unpaired) electrons. The average molecular weight is 471 g/mol. The number of amides is 1. The molecule has 1 amide bonds. The van der Waals surface area contributed by atoms with Gasteiger partial charge in [-0.05, 0) is 43.9 Å². The zero-order valence-electron chi connectivity index (χ0n) is 19.6. The topological polar surface area (TPSA) is 115 Å². The minimum Gasteiger partial charge on any atom is -0.381 e. The van der Waals surface area contributed by atoms with Gasteiger partial charge in [-0.3, -0.25) is 9.48 Å². The third-order valence-electron chi connectivity index (χ3n) is 6.76. The Kier molecular flexibility index (Phi) is 5.29. The van der Waals surface area contributed by atoms with Crippen LogP contribution in [0.1, 0.15) is 36.0 Å². The molecule has 0 aromatic carbocycles. The predicted molar refractivity (Wildman–Crippen MR) is 131 cm³/mol. The van der Waals surface area contributed by atoms with E-state index >= 15 is 0 Å². The quantitative estimate of drug-likeness (QED) is 0.407. The standard InChI is InChI=1S/C25H26N8O2/c1-32-14-16(12-27-32)22-19-7-9-26-24(19)31-23(30-22)15-8-10-33-21(11-15)20(13-28-33)25(34)29-17-3-5-18(35-2)6-4-17/h7-14,17-18H,3-6H2,1-2H3,(H,29,34)(H,26,30,31)/t17-,18-. The number of aromatic amines is 1. The van der Waals surface area contributed by atoms with Gasteiger partial charge in [0.1, 0.15) is 5.65 Å². The highest BCUT2D eigenvalue weighted by Gasteiger charge is 2.24. The van der Waals surface area contributed by atoms with Crippen LogP contribution in [0.4, 0.5) is 0 Å². The van der Waals surface area contributed by atoms with Crippen LogP contribution in [-0.4, -0.2) is 59.5 Å². The molecule has 10 heteroatoms. The van der Waals surface area contributed by atoms with Crippen LogP contribution in [0.15, 0.2) is 49.2 Å². The lowest BCUT2D eigenvalue weighted by molar-refractivity contribution is 0.0599. The van der Waals surface area contributed by atoms with Crippen LogP contribution in [0.3, 0.4) is 0 Å². The number of rotatable bonds is 5. The Labute approximate surface area is 201 Å². The maximum Gasteiger partial charge on any atom is 0.255 e. The van der Waals surface area contributed by atoms with E-state index in [-0.39, 0.29) is 18.1 Å². The molecular weight excluding hydrogens is 444 g/mol. The zero-order chi connectivity index (χ0) is 23.9. The van der Waals surface area contributed by atoms with E-state index in [4.69, 9.17) is 14.7 Å². The van der Waals surface area contributed by atoms with Gasteiger partial charge in [-0.15, -0.1) is 0 Å². The summed E-state index contributed by atoms with van der Waals surface area (Å²) in [5.41, 5.74) is 4.51. The summed E-state index contributed by atoms with van der Waals surface area (Å²) in [4.78, 5) is 25.9. The number of ether oxygens (including phenoxy) is 1. The second-order valence-corrected chi connectivity index (χ2v) is 9.02. The Morgan fingerprint density at radius 2 is 1.97 bits per heavy atom. The van der Waals surface area contributed by atoms with Gasteiger partial charge >= 0.3 is 0 Å². The fourth-order valence-electron chi connectivity index (χ4n) is 4.83. The van der Waals surface area contributed by atoms with E-state index in [1.807, 2.05) is 43.8 Å². The smallest absolute Gasteiger partial charge is 0.255 e. The molecule has 5 aromatic heterocycles. The number of carbonyl (C=O) groups is 1. The lowest BCUT2D eigenvalue weighted by Crippen LogP contribution is -2.38. The van der Waals surface area contributed by atoms with Gasteiger partial charge in [-0.25, -0.2) is 14.5 Å². The van der Waals surface area contributed by atoms with Gasteiger partial charge in [0.05, 0.1) is 35.3 Å². The fraction of sp³-hybridized carbons (Fsp3) is 0.320. The number of nitrogens with zero attached hydrogens (tertiary/aromatic N) is 6. The van der Waals surface area contributed by atoms with Crippen LogP contribution in [0.2, 0.25) is 0 Å². The van der Waals surface area contributed by atoms with Crippen molar-refractivity contribution in [1.82, 2.24) is 39.7 Å². The molecule has 6 rings (SSSR count). The molecule has 1 aliphatic rings. The first-order chi connectivity index (χ1) is 17.1. The van der Waals surface area contributed by atoms with Crippen molar-refractivity contribution < 1.29 is 9.53 Å². The molecular formula is C25H26N8O2. The number of hydrogen-bond donors (Lipinski definition) is 2. The van der Waals surface area contributed by atoms with Crippen LogP contribution < -0.4 is 5.32 Å². The normalized spacial score (nSPS) is 18.3. The molecule has 0 bridgehead atoms. The number of fused-ring (bicyclic) bond motifs is 2. The predicted octanol–water partition coefficient (Wildman–Crippen LogP) is 3.36. The molecule has 1 aliphatic carbocycles. The maximum atomic E-state index is 13.1. The van der Waals surface area contributed by atoms with Gasteiger partial charge in [0.2, 0.25) is 0 Å². The summed E-state index contributed by atoms with van der Waals surface area (Å²) >= 11 is 0. The second kappa shape index (κ2) is 8.62. The third-order valence-corrected chi connectivity index (χ3v) is 6.76. The lowest BCUT2D eigenvalue weighted by Gasteiger charge is -2.28. The molecule has 2 N–H and O–H groups in total. The van der Waals surface area contributed by atoms with Crippen molar-refractivity contribution in [3.05, 3.63) is 54.7 Å². The van der Waals surface area contributed by atoms with Crippen molar-refractivity contribution >= 4 is 22.5 Å². The van der Waals surface area contributed by atoms with Crippen molar-refractivity contribution in [2.24, 2.45) is 7.05 Å². The van der Waals surface area contributed by atoms with E-state index < -0.39 is 0 Å². The lowest BCUT2D eigenvalue weighted by atomic mass is 9.93. The number of pyridine rings is 1. The van der Waals surface area contributed by atoms with Crippen LogP contribution in [0.5, 0.6) is 0 Å². The highest BCUT2D eigenvalue weighted by Crippen LogP contribution is 2.29. The summed E-state index contributed by atoms with van der Waals surface area (Å²) in [6, 6.07) is 5.93. The molecule has 10 nitrogen and oxygen atoms in total. The number of H-pyrrole nitrogens is 1. The Bertz CT molecular complexity index is 1520. The minimum absolute atomic E-state index is 0.116. The highest BCUT2D eigenvalue weighted by molar-refractivity contribution is 6.01. The van der Waals surface area contributed by atoms with Crippen molar-refractivity contribution in [3.63, 3.8) is 0 Å². The van der Waals surface area contributed by atoms with Gasteiger partial charge in [0.15, 0.2) is 5.82 Å². The number of nitrogens with one attached hydrogen (secondary N) is 2. The molecule has 0 unspecified atom stereocenters. The van der Waals surface area contributed by atoms with Gasteiger partial charge in [-0.1, -0.05) is 0 Å². The minimum atomic E-state index is -0.116. The average Bonchev–Trinajstić information content (AvgIpc) is 3.62. The van der Waals surface area contributed by atoms with Crippen LogP contribution in [-0.2, 0) is 11.8 Å². The van der Waals surface area contributed by atoms with E-state index in [9.17, 15) is 4.79 Å². The Balaban J connectivity index is 1.34. The maximum absolute atomic E-state index is 13.1. The fourth-order valence-corrected chi connectivity index (χ4v) is 4.83. The number of methoxy groups -OCH3 is 1. The van der Waals surface area contributed by atoms with Crippen molar-refractivity contribution in [3.8, 4) is 22.6 Å². The number of hydrogen-bond acceptors (Lipinski definition) is 6. The summed E-state index contributed by atoms with van der Waals surface area (Å²) in [5.74, 6) is 0.446. The van der Waals surface area contributed by atoms with Gasteiger partial charge in [-0.2, -0.15) is 10.2 Å². The second-order valence-electron chi connectivity index (χ2n) is 9.02. The summed E-state index contributed by atoms with van der Waals surface area (Å²) in [5, 5.41) is 12.8. The third kappa shape index (κ3) is 3.95. The van der Waals surface area contributed by atoms with E-state index in [0.717, 1.165) is 53.5 Å². The van der Waals surface area contributed by atoms with Crippen LogP contribution in [0.25, 0.3) is 39.2 Å². The molecule has 5 aromatic rings. The van der Waals surface area contributed by atoms with Crippen LogP contribution in [0, 0.1) is 0 Å². The summed E-state index contributed by atoms with van der Waals surface area (Å²) in [6.07, 6.45) is 13.1. The molecule has 1 saturated carbocycles. The summed E-state index contributed by atoms with van der Waals surface area (Å²) in [6.45, 7) is 0. The van der Waals surface area contributed by atoms with Gasteiger partial charge in [0.25, 0.3) is 5.91 Å². The SMILES string of the molecule is CO[C@H]1CC[C@H](NC(=O)c2cnn3ccc(-c4nc(-c5cnn(C)c5)c5cc[nH]c5n4)cc23)CC1. The van der Waals surface area contributed by atoms with E-state index in [1.165, 1.54) is 0 Å². The van der Waals surface area contributed by atoms with E-state index in [1.54, 1.807) is 28.7 Å². The molecule has 5 heterocycles. The van der Waals surface area contributed by atoms with E-state index in [2.05, 4.69) is 20.5 Å². The largest absolute Gasteiger partial charge is 0.381 e. The Morgan fingerprint density at radius 1 is 1.11 bits per heavy atom. The van der Waals surface area contributed by atoms with Crippen LogP contribution >= 0.6 is 0 Å². The molecule has 0 saturated heterocycles. The first kappa shape index (κ1) is 21.5. The van der Waals surface area contributed by atoms with Gasteiger partial charge < -0.3 is 15.0 Å². The molecule has 1 fully saturated rings. The van der Waals surface area contributed by atoms with Gasteiger partial charge in [0, 0.05) is 55.3 Å². The van der Waals surface area contributed by atoms with E-state index in [0.29, 0.717) is 16.9 Å². The number of aromatic nitrogens is 7. The number of carbonyl (C=O) groups excluding carboxylic acids is 1. The Hall–Kier alpha value is -4.05. The van der Waals surface area contributed by atoms with Crippen molar-refractivity contribution in [2.75, 3.05) is 7.11 Å². The molecule has 35 heavy (non-hydrogen) atoms. The zero-order valence-corrected chi connectivity index (χ0v) is 19.6. The summed E-state index contributed by atoms with van der Waals surface area (Å²) in [7, 11) is 3.63. The molecule has 178 valence electrons. The first-order valence-electron chi connectivity index (χ1n) is 11.7. The Morgan fingerprint density at radius 3 is 2.74 bits per heavy atom. The molecule has 0 atom stereocenters. The highest BCUT2D eigenvalue weighted by atomic mass is 16.5. The monoisotopic (exact) mass is 470 g/mol.